The average Bonchev–Trinajstić information content (AvgIpc) is 3.09. The van der Waals surface area contributed by atoms with Crippen molar-refractivity contribution in [1.82, 2.24) is 14.3 Å². The molecule has 2 aromatic heterocycles. The van der Waals surface area contributed by atoms with Crippen molar-refractivity contribution in [2.24, 2.45) is 0 Å². The Hall–Kier alpha value is -2.62. The summed E-state index contributed by atoms with van der Waals surface area (Å²) in [5, 5.41) is 10.7. The van der Waals surface area contributed by atoms with E-state index in [1.807, 2.05) is 0 Å². The molecule has 0 unspecified atom stereocenters. The summed E-state index contributed by atoms with van der Waals surface area (Å²) in [6.45, 7) is 4.31. The molecule has 4 rings (SSSR count). The number of hydrogen-bond donors (Lipinski definition) is 2. The lowest BCUT2D eigenvalue weighted by Gasteiger charge is -2.32. The summed E-state index contributed by atoms with van der Waals surface area (Å²) >= 11 is 6.00. The van der Waals surface area contributed by atoms with Crippen LogP contribution in [0.2, 0.25) is 5.02 Å². The maximum absolute atomic E-state index is 13.2. The van der Waals surface area contributed by atoms with Crippen LogP contribution in [0.5, 0.6) is 0 Å². The number of pyridine rings is 1. The number of carbonyl (C=O) groups is 1. The average molecular weight is 437 g/mol. The van der Waals surface area contributed by atoms with Gasteiger partial charge in [0.1, 0.15) is 5.52 Å². The van der Waals surface area contributed by atoms with E-state index >= 15 is 0 Å². The second kappa shape index (κ2) is 8.81. The van der Waals surface area contributed by atoms with E-state index in [2.05, 4.69) is 22.1 Å². The third-order valence-corrected chi connectivity index (χ3v) is 6.47. The molecule has 1 fully saturated rings. The van der Waals surface area contributed by atoms with E-state index in [-0.39, 0.29) is 11.4 Å². The molecular weight excluding hydrogens is 416 g/mol. The van der Waals surface area contributed by atoms with Crippen LogP contribution in [0.25, 0.3) is 11.0 Å². The predicted molar refractivity (Wildman–Crippen MR) is 112 cm³/mol. The normalized spacial score (nSPS) is 16.9. The quantitative estimate of drug-likeness (QED) is 0.607. The first-order valence-electron chi connectivity index (χ1n) is 8.92. The molecule has 10 heteroatoms. The van der Waals surface area contributed by atoms with E-state index in [0.29, 0.717) is 22.1 Å². The summed E-state index contributed by atoms with van der Waals surface area (Å²) in [5.41, 5.74) is 2.08. The third-order valence-electron chi connectivity index (χ3n) is 4.57. The maximum atomic E-state index is 13.2. The number of nitrogens with zero attached hydrogens (tertiary/aromatic N) is 3. The zero-order valence-corrected chi connectivity index (χ0v) is 17.3. The van der Waals surface area contributed by atoms with Crippen LogP contribution >= 0.6 is 11.6 Å². The first-order chi connectivity index (χ1) is 13.9. The summed E-state index contributed by atoms with van der Waals surface area (Å²) in [4.78, 5) is 15.2. The van der Waals surface area contributed by atoms with Gasteiger partial charge in [-0.25, -0.2) is 12.4 Å². The summed E-state index contributed by atoms with van der Waals surface area (Å²) in [6.07, 6.45) is 3.36. The van der Waals surface area contributed by atoms with E-state index in [0.717, 1.165) is 25.3 Å². The van der Waals surface area contributed by atoms with Gasteiger partial charge in [0.15, 0.2) is 0 Å². The number of nitrogens with one attached hydrogen (secondary N) is 1. The standard InChI is InChI=1S/C18H19ClN4O2S.CH2O2/c1-13-11-22(9-8-20-13)17-12-23(16-6-3-7-21-18(16)17)26(24,25)15-5-2-4-14(19)10-15;2-1-3/h2-7,10,12-13,20H,8-9,11H2,1H3;1H,(H,2,3)/t13-;/m0./s1. The monoisotopic (exact) mass is 436 g/mol. The molecule has 1 saturated heterocycles. The van der Waals surface area contributed by atoms with Crippen molar-refractivity contribution in [2.45, 2.75) is 17.9 Å². The summed E-state index contributed by atoms with van der Waals surface area (Å²) in [6, 6.07) is 10.2. The predicted octanol–water partition coefficient (Wildman–Crippen LogP) is 2.43. The number of halogens is 1. The second-order valence-corrected chi connectivity index (χ2v) is 8.80. The molecule has 1 aliphatic rings. The molecule has 0 bridgehead atoms. The lowest BCUT2D eigenvalue weighted by Crippen LogP contribution is -2.49. The van der Waals surface area contributed by atoms with Crippen LogP contribution < -0.4 is 10.2 Å². The minimum atomic E-state index is -3.77. The van der Waals surface area contributed by atoms with Crippen LogP contribution in [0.1, 0.15) is 6.92 Å². The number of benzene rings is 1. The second-order valence-electron chi connectivity index (χ2n) is 6.55. The topological polar surface area (TPSA) is 105 Å². The van der Waals surface area contributed by atoms with Crippen molar-refractivity contribution in [3.63, 3.8) is 0 Å². The van der Waals surface area contributed by atoms with Gasteiger partial charge < -0.3 is 15.3 Å². The number of hydrogen-bond acceptors (Lipinski definition) is 6. The van der Waals surface area contributed by atoms with Gasteiger partial charge in [0.05, 0.1) is 16.1 Å². The zero-order chi connectivity index (χ0) is 21.0. The minimum absolute atomic E-state index is 0.158. The first-order valence-corrected chi connectivity index (χ1v) is 10.7. The molecule has 1 aromatic carbocycles. The highest BCUT2D eigenvalue weighted by Crippen LogP contribution is 2.31. The Kier molecular flexibility index (Phi) is 6.41. The van der Waals surface area contributed by atoms with Gasteiger partial charge in [-0.3, -0.25) is 9.78 Å². The Morgan fingerprint density at radius 2 is 2.07 bits per heavy atom. The highest BCUT2D eigenvalue weighted by Gasteiger charge is 2.26. The SMILES string of the molecule is C[C@H]1CN(c2cn(S(=O)(=O)c3cccc(Cl)c3)c3cccnc23)CCN1.O=CO. The number of carboxylic acid groups (broad SMARTS) is 1. The Morgan fingerprint density at radius 3 is 2.76 bits per heavy atom. The lowest BCUT2D eigenvalue weighted by atomic mass is 10.2. The van der Waals surface area contributed by atoms with Gasteiger partial charge in [-0.2, -0.15) is 0 Å². The van der Waals surface area contributed by atoms with Gasteiger partial charge in [-0.05, 0) is 37.3 Å². The molecule has 0 amide bonds. The Bertz CT molecular complexity index is 1120. The maximum Gasteiger partial charge on any atom is 0.290 e. The smallest absolute Gasteiger partial charge is 0.290 e. The lowest BCUT2D eigenvalue weighted by molar-refractivity contribution is -0.122. The molecule has 0 aliphatic carbocycles. The van der Waals surface area contributed by atoms with Crippen molar-refractivity contribution >= 4 is 44.8 Å². The number of rotatable bonds is 3. The summed E-state index contributed by atoms with van der Waals surface area (Å²) in [5.74, 6) is 0. The summed E-state index contributed by atoms with van der Waals surface area (Å²) in [7, 11) is -3.77. The Labute approximate surface area is 173 Å². The fourth-order valence-corrected chi connectivity index (χ4v) is 4.99. The number of piperazine rings is 1. The van der Waals surface area contributed by atoms with Gasteiger partial charge >= 0.3 is 0 Å². The fraction of sp³-hybridized carbons (Fsp3) is 0.263. The molecular formula is C19H21ClN4O4S. The summed E-state index contributed by atoms with van der Waals surface area (Å²) < 4.78 is 27.7. The van der Waals surface area contributed by atoms with Crippen LogP contribution in [0.15, 0.2) is 53.7 Å². The van der Waals surface area contributed by atoms with E-state index in [4.69, 9.17) is 21.5 Å². The molecule has 2 N–H and O–H groups in total. The molecule has 1 aliphatic heterocycles. The highest BCUT2D eigenvalue weighted by molar-refractivity contribution is 7.90. The zero-order valence-electron chi connectivity index (χ0n) is 15.7. The molecule has 0 spiro atoms. The largest absolute Gasteiger partial charge is 0.483 e. The Balaban J connectivity index is 0.000000755. The van der Waals surface area contributed by atoms with Gasteiger partial charge in [-0.15, -0.1) is 0 Å². The molecule has 0 radical (unpaired) electrons. The number of fused-ring (bicyclic) bond motifs is 1. The molecule has 154 valence electrons. The molecule has 3 aromatic rings. The van der Waals surface area contributed by atoms with Crippen LogP contribution in [-0.4, -0.2) is 54.6 Å². The van der Waals surface area contributed by atoms with Crippen molar-refractivity contribution in [1.29, 1.82) is 0 Å². The van der Waals surface area contributed by atoms with E-state index in [9.17, 15) is 8.42 Å². The van der Waals surface area contributed by atoms with Crippen LogP contribution in [0, 0.1) is 0 Å². The van der Waals surface area contributed by atoms with Crippen LogP contribution in [0.4, 0.5) is 5.69 Å². The van der Waals surface area contributed by atoms with Crippen molar-refractivity contribution in [2.75, 3.05) is 24.5 Å². The van der Waals surface area contributed by atoms with E-state index < -0.39 is 10.0 Å². The van der Waals surface area contributed by atoms with Crippen molar-refractivity contribution in [3.8, 4) is 0 Å². The van der Waals surface area contributed by atoms with E-state index in [1.165, 1.54) is 10.0 Å². The number of anilines is 1. The fourth-order valence-electron chi connectivity index (χ4n) is 3.34. The van der Waals surface area contributed by atoms with Crippen molar-refractivity contribution < 1.29 is 18.3 Å². The molecule has 29 heavy (non-hydrogen) atoms. The third kappa shape index (κ3) is 4.36. The number of aromatic nitrogens is 2. The van der Waals surface area contributed by atoms with Gasteiger partial charge in [0, 0.05) is 43.1 Å². The minimum Gasteiger partial charge on any atom is -0.483 e. The molecule has 0 saturated carbocycles. The van der Waals surface area contributed by atoms with Crippen LogP contribution in [0.3, 0.4) is 0 Å². The molecule has 8 nitrogen and oxygen atoms in total. The van der Waals surface area contributed by atoms with E-state index in [1.54, 1.807) is 42.7 Å². The van der Waals surface area contributed by atoms with Gasteiger partial charge in [0.2, 0.25) is 0 Å². The van der Waals surface area contributed by atoms with Crippen LogP contribution in [-0.2, 0) is 14.8 Å². The molecule has 1 atom stereocenters. The highest BCUT2D eigenvalue weighted by atomic mass is 35.5. The van der Waals surface area contributed by atoms with Crippen molar-refractivity contribution in [3.05, 3.63) is 53.8 Å². The van der Waals surface area contributed by atoms with Gasteiger partial charge in [-0.1, -0.05) is 17.7 Å². The first kappa shape index (κ1) is 21.1. The van der Waals surface area contributed by atoms with Gasteiger partial charge in [0.25, 0.3) is 16.5 Å². The Morgan fingerprint density at radius 1 is 1.31 bits per heavy atom. The molecule has 3 heterocycles.